The number of rotatable bonds is 3. The first kappa shape index (κ1) is 10.5. The van der Waals surface area contributed by atoms with E-state index in [0.717, 1.165) is 0 Å². The summed E-state index contributed by atoms with van der Waals surface area (Å²) in [6.07, 6.45) is 2.01. The number of hydrogen-bond acceptors (Lipinski definition) is 3. The van der Waals surface area contributed by atoms with Crippen molar-refractivity contribution in [3.05, 3.63) is 28.7 Å². The molecule has 1 heterocycles. The van der Waals surface area contributed by atoms with Crippen LogP contribution in [0, 0.1) is 0 Å². The van der Waals surface area contributed by atoms with Crippen LogP contribution in [0.15, 0.2) is 23.1 Å². The Hall–Kier alpha value is -1.62. The zero-order valence-corrected chi connectivity index (χ0v) is 7.91. The van der Waals surface area contributed by atoms with Gasteiger partial charge in [0.1, 0.15) is 0 Å². The average molecular weight is 195 g/mol. The van der Waals surface area contributed by atoms with Gasteiger partial charge in [0.05, 0.1) is 11.7 Å². The molecule has 0 aliphatic carbocycles. The maximum atomic E-state index is 11.3. The van der Waals surface area contributed by atoms with E-state index in [1.54, 1.807) is 0 Å². The third-order valence-electron chi connectivity index (χ3n) is 1.83. The van der Waals surface area contributed by atoms with Crippen LogP contribution in [-0.4, -0.2) is 16.9 Å². The van der Waals surface area contributed by atoms with Gasteiger partial charge in [-0.1, -0.05) is 6.92 Å². The molecule has 14 heavy (non-hydrogen) atoms. The number of carbonyl (C=O) groups excluding carboxylic acids is 1. The number of pyridine rings is 1. The lowest BCUT2D eigenvalue weighted by Gasteiger charge is -2.09. The molecule has 5 nitrogen and oxygen atoms in total. The summed E-state index contributed by atoms with van der Waals surface area (Å²) in [5, 5.41) is 2.59. The van der Waals surface area contributed by atoms with Crippen LogP contribution < -0.4 is 16.6 Å². The average Bonchev–Trinajstić information content (AvgIpc) is 2.20. The minimum atomic E-state index is -0.512. The normalized spacial score (nSPS) is 12.1. The number of nitrogens with two attached hydrogens (primary N) is 1. The molecule has 0 spiro atoms. The molecular formula is C9H13N3O2. The van der Waals surface area contributed by atoms with Gasteiger partial charge in [0.15, 0.2) is 0 Å². The van der Waals surface area contributed by atoms with Gasteiger partial charge in [-0.3, -0.25) is 9.59 Å². The van der Waals surface area contributed by atoms with E-state index in [0.29, 0.717) is 12.1 Å². The summed E-state index contributed by atoms with van der Waals surface area (Å²) >= 11 is 0. The molecule has 1 atom stereocenters. The monoisotopic (exact) mass is 195 g/mol. The molecule has 0 bridgehead atoms. The van der Waals surface area contributed by atoms with Crippen molar-refractivity contribution >= 4 is 11.6 Å². The topological polar surface area (TPSA) is 88.0 Å². The molecule has 5 heteroatoms. The summed E-state index contributed by atoms with van der Waals surface area (Å²) in [7, 11) is 0. The maximum absolute atomic E-state index is 11.3. The van der Waals surface area contributed by atoms with E-state index in [-0.39, 0.29) is 11.5 Å². The van der Waals surface area contributed by atoms with Crippen LogP contribution in [0.1, 0.15) is 13.3 Å². The molecule has 1 rings (SSSR count). The Morgan fingerprint density at radius 3 is 2.86 bits per heavy atom. The Labute approximate surface area is 81.3 Å². The predicted molar refractivity (Wildman–Crippen MR) is 54.0 cm³/mol. The fourth-order valence-electron chi connectivity index (χ4n) is 0.909. The fourth-order valence-corrected chi connectivity index (χ4v) is 0.909. The van der Waals surface area contributed by atoms with Crippen molar-refractivity contribution in [1.82, 2.24) is 4.98 Å². The van der Waals surface area contributed by atoms with E-state index in [1.807, 2.05) is 6.92 Å². The molecule has 4 N–H and O–H groups in total. The standard InChI is InChI=1S/C9H13N3O2/c1-2-7(10)9(14)12-6-3-4-8(13)11-5-6/h3-5,7H,2,10H2,1H3,(H,11,13)(H,12,14)/t7-/m0/s1. The van der Waals surface area contributed by atoms with E-state index >= 15 is 0 Å². The second-order valence-electron chi connectivity index (χ2n) is 2.95. The van der Waals surface area contributed by atoms with Gasteiger partial charge in [-0.25, -0.2) is 0 Å². The molecule has 0 fully saturated rings. The zero-order chi connectivity index (χ0) is 10.6. The van der Waals surface area contributed by atoms with E-state index in [2.05, 4.69) is 10.3 Å². The fraction of sp³-hybridized carbons (Fsp3) is 0.333. The molecular weight excluding hydrogens is 182 g/mol. The highest BCUT2D eigenvalue weighted by atomic mass is 16.2. The lowest BCUT2D eigenvalue weighted by Crippen LogP contribution is -2.34. The Balaban J connectivity index is 2.65. The van der Waals surface area contributed by atoms with Crippen molar-refractivity contribution in [3.63, 3.8) is 0 Å². The minimum Gasteiger partial charge on any atom is -0.327 e. The highest BCUT2D eigenvalue weighted by Crippen LogP contribution is 2.01. The third kappa shape index (κ3) is 2.70. The Kier molecular flexibility index (Phi) is 3.41. The first-order chi connectivity index (χ1) is 6.63. The van der Waals surface area contributed by atoms with Gasteiger partial charge in [-0.05, 0) is 12.5 Å². The quantitative estimate of drug-likeness (QED) is 0.636. The van der Waals surface area contributed by atoms with Crippen LogP contribution >= 0.6 is 0 Å². The van der Waals surface area contributed by atoms with Crippen molar-refractivity contribution in [3.8, 4) is 0 Å². The number of aromatic nitrogens is 1. The van der Waals surface area contributed by atoms with Crippen LogP contribution in [0.25, 0.3) is 0 Å². The van der Waals surface area contributed by atoms with E-state index in [4.69, 9.17) is 5.73 Å². The summed E-state index contributed by atoms with van der Waals surface area (Å²) in [5.41, 5.74) is 5.84. The van der Waals surface area contributed by atoms with Gasteiger partial charge in [0, 0.05) is 12.3 Å². The van der Waals surface area contributed by atoms with Crippen LogP contribution in [-0.2, 0) is 4.79 Å². The van der Waals surface area contributed by atoms with Crippen molar-refractivity contribution in [2.75, 3.05) is 5.32 Å². The van der Waals surface area contributed by atoms with Crippen molar-refractivity contribution in [1.29, 1.82) is 0 Å². The van der Waals surface area contributed by atoms with E-state index < -0.39 is 6.04 Å². The summed E-state index contributed by atoms with van der Waals surface area (Å²) in [6, 6.07) is 2.36. The molecule has 1 aromatic heterocycles. The Morgan fingerprint density at radius 2 is 2.36 bits per heavy atom. The first-order valence-corrected chi connectivity index (χ1v) is 4.38. The minimum absolute atomic E-state index is 0.206. The first-order valence-electron chi connectivity index (χ1n) is 4.38. The van der Waals surface area contributed by atoms with Crippen LogP contribution in [0.2, 0.25) is 0 Å². The van der Waals surface area contributed by atoms with Crippen molar-refractivity contribution < 1.29 is 4.79 Å². The number of nitrogens with one attached hydrogen (secondary N) is 2. The Bertz CT molecular complexity index is 352. The molecule has 0 aliphatic heterocycles. The lowest BCUT2D eigenvalue weighted by molar-refractivity contribution is -0.117. The highest BCUT2D eigenvalue weighted by Gasteiger charge is 2.10. The van der Waals surface area contributed by atoms with Crippen molar-refractivity contribution in [2.45, 2.75) is 19.4 Å². The maximum Gasteiger partial charge on any atom is 0.248 e. The SMILES string of the molecule is CC[C@H](N)C(=O)Nc1ccc(=O)[nH]c1. The van der Waals surface area contributed by atoms with Crippen LogP contribution in [0.4, 0.5) is 5.69 Å². The molecule has 1 aromatic rings. The van der Waals surface area contributed by atoms with E-state index in [1.165, 1.54) is 18.3 Å². The van der Waals surface area contributed by atoms with Crippen LogP contribution in [0.5, 0.6) is 0 Å². The molecule has 0 aromatic carbocycles. The van der Waals surface area contributed by atoms with Crippen molar-refractivity contribution in [2.24, 2.45) is 5.73 Å². The largest absolute Gasteiger partial charge is 0.327 e. The van der Waals surface area contributed by atoms with Gasteiger partial charge in [-0.15, -0.1) is 0 Å². The highest BCUT2D eigenvalue weighted by molar-refractivity contribution is 5.94. The summed E-state index contributed by atoms with van der Waals surface area (Å²) in [4.78, 5) is 24.5. The zero-order valence-electron chi connectivity index (χ0n) is 7.91. The van der Waals surface area contributed by atoms with Gasteiger partial charge in [0.2, 0.25) is 11.5 Å². The number of H-pyrrole nitrogens is 1. The smallest absolute Gasteiger partial charge is 0.248 e. The van der Waals surface area contributed by atoms with E-state index in [9.17, 15) is 9.59 Å². The summed E-state index contributed by atoms with van der Waals surface area (Å²) in [5.74, 6) is -0.250. The van der Waals surface area contributed by atoms with Crippen LogP contribution in [0.3, 0.4) is 0 Å². The second-order valence-corrected chi connectivity index (χ2v) is 2.95. The summed E-state index contributed by atoms with van der Waals surface area (Å²) in [6.45, 7) is 1.83. The molecule has 0 unspecified atom stereocenters. The molecule has 1 amide bonds. The number of aromatic amines is 1. The number of anilines is 1. The second kappa shape index (κ2) is 4.57. The van der Waals surface area contributed by atoms with Gasteiger partial charge in [-0.2, -0.15) is 0 Å². The van der Waals surface area contributed by atoms with Gasteiger partial charge >= 0.3 is 0 Å². The number of amides is 1. The van der Waals surface area contributed by atoms with Gasteiger partial charge in [0.25, 0.3) is 0 Å². The molecule has 0 saturated carbocycles. The lowest BCUT2D eigenvalue weighted by atomic mass is 10.2. The summed E-state index contributed by atoms with van der Waals surface area (Å²) < 4.78 is 0. The van der Waals surface area contributed by atoms with Gasteiger partial charge < -0.3 is 16.0 Å². The molecule has 0 aliphatic rings. The molecule has 76 valence electrons. The predicted octanol–water partition coefficient (Wildman–Crippen LogP) is 0.0507. The molecule has 0 saturated heterocycles. The third-order valence-corrected chi connectivity index (χ3v) is 1.83. The number of carbonyl (C=O) groups is 1. The Morgan fingerprint density at radius 1 is 1.64 bits per heavy atom. The molecule has 0 radical (unpaired) electrons. The number of hydrogen-bond donors (Lipinski definition) is 3.